The van der Waals surface area contributed by atoms with Gasteiger partial charge in [0.15, 0.2) is 6.61 Å². The smallest absolute Gasteiger partial charge is 0.341 e. The first kappa shape index (κ1) is 24.7. The number of carbonyl (C=O) groups is 1. The summed E-state index contributed by atoms with van der Waals surface area (Å²) in [6, 6.07) is 15.5. The van der Waals surface area contributed by atoms with E-state index in [1.807, 2.05) is 0 Å². The summed E-state index contributed by atoms with van der Waals surface area (Å²) in [6.07, 6.45) is 1.48. The number of nitrogens with one attached hydrogen (secondary N) is 1. The molecule has 1 heterocycles. The Balaban J connectivity index is 1.52. The molecule has 0 aliphatic carbocycles. The number of hydrogen-bond donors (Lipinski definition) is 3. The van der Waals surface area contributed by atoms with Gasteiger partial charge in [0.05, 0.1) is 15.9 Å². The number of sulfone groups is 1. The number of rotatable bonds is 11. The number of carboxylic acid groups (broad SMARTS) is 1. The van der Waals surface area contributed by atoms with Gasteiger partial charge in [0.1, 0.15) is 10.9 Å². The topological polar surface area (TPSA) is 126 Å². The van der Waals surface area contributed by atoms with E-state index in [9.17, 15) is 18.3 Å². The SMILES string of the molecule is O=C(O)COc1ccc(S(=O)(=O)c2ccc(CCNC[C@H](O)c3ccc(Cl)nc3)cc2)cc1. The Bertz CT molecular complexity index is 1170. The lowest BCUT2D eigenvalue weighted by Crippen LogP contribution is -2.23. The number of nitrogens with zero attached hydrogens (tertiary/aromatic N) is 1. The van der Waals surface area contributed by atoms with Crippen LogP contribution in [0.25, 0.3) is 0 Å². The molecule has 3 aromatic rings. The molecule has 10 heteroatoms. The van der Waals surface area contributed by atoms with Gasteiger partial charge < -0.3 is 20.3 Å². The highest BCUT2D eigenvalue weighted by Gasteiger charge is 2.17. The number of ether oxygens (including phenoxy) is 1. The normalized spacial score (nSPS) is 12.3. The van der Waals surface area contributed by atoms with Crippen LogP contribution in [0.3, 0.4) is 0 Å². The second kappa shape index (κ2) is 11.2. The maximum absolute atomic E-state index is 12.8. The molecule has 0 saturated heterocycles. The van der Waals surface area contributed by atoms with Gasteiger partial charge in [-0.2, -0.15) is 0 Å². The first-order valence-electron chi connectivity index (χ1n) is 10.0. The summed E-state index contributed by atoms with van der Waals surface area (Å²) in [6.45, 7) is 0.448. The lowest BCUT2D eigenvalue weighted by molar-refractivity contribution is -0.139. The van der Waals surface area contributed by atoms with Crippen LogP contribution < -0.4 is 10.1 Å². The predicted molar refractivity (Wildman–Crippen MR) is 122 cm³/mol. The van der Waals surface area contributed by atoms with Gasteiger partial charge in [-0.3, -0.25) is 0 Å². The summed E-state index contributed by atoms with van der Waals surface area (Å²) < 4.78 is 30.7. The van der Waals surface area contributed by atoms with E-state index in [4.69, 9.17) is 21.4 Å². The first-order valence-corrected chi connectivity index (χ1v) is 11.9. The van der Waals surface area contributed by atoms with Crippen LogP contribution in [0.5, 0.6) is 5.75 Å². The minimum atomic E-state index is -3.71. The Morgan fingerprint density at radius 3 is 2.24 bits per heavy atom. The molecule has 3 N–H and O–H groups in total. The van der Waals surface area contributed by atoms with E-state index < -0.39 is 28.5 Å². The Labute approximate surface area is 196 Å². The Morgan fingerprint density at radius 2 is 1.67 bits per heavy atom. The minimum absolute atomic E-state index is 0.0882. The van der Waals surface area contributed by atoms with Gasteiger partial charge in [0, 0.05) is 18.3 Å². The molecule has 0 unspecified atom stereocenters. The lowest BCUT2D eigenvalue weighted by Gasteiger charge is -2.12. The summed E-state index contributed by atoms with van der Waals surface area (Å²) in [5, 5.41) is 22.3. The third kappa shape index (κ3) is 7.00. The standard InChI is InChI=1S/C23H23ClN2O6S/c24-22-10-3-17(13-26-22)21(27)14-25-12-11-16-1-6-19(7-2-16)33(30,31)20-8-4-18(5-9-20)32-15-23(28)29/h1-10,13,21,25,27H,11-12,14-15H2,(H,28,29)/t21-/m0/s1. The van der Waals surface area contributed by atoms with E-state index >= 15 is 0 Å². The van der Waals surface area contributed by atoms with Crippen LogP contribution in [-0.4, -0.2) is 49.3 Å². The van der Waals surface area contributed by atoms with Gasteiger partial charge in [-0.05, 0) is 61.0 Å². The van der Waals surface area contributed by atoms with Crippen molar-refractivity contribution in [2.24, 2.45) is 0 Å². The fourth-order valence-electron chi connectivity index (χ4n) is 3.01. The van der Waals surface area contributed by atoms with Crippen molar-refractivity contribution in [2.75, 3.05) is 19.7 Å². The van der Waals surface area contributed by atoms with Crippen molar-refractivity contribution in [1.82, 2.24) is 10.3 Å². The minimum Gasteiger partial charge on any atom is -0.482 e. The molecule has 0 spiro atoms. The average Bonchev–Trinajstić information content (AvgIpc) is 2.81. The van der Waals surface area contributed by atoms with Gasteiger partial charge >= 0.3 is 5.97 Å². The number of aliphatic hydroxyl groups is 1. The zero-order valence-corrected chi connectivity index (χ0v) is 19.1. The molecular formula is C23H23ClN2O6S. The van der Waals surface area contributed by atoms with Crippen LogP contribution in [0.1, 0.15) is 17.2 Å². The maximum Gasteiger partial charge on any atom is 0.341 e. The number of aliphatic hydroxyl groups excluding tert-OH is 1. The number of carboxylic acids is 1. The second-order valence-corrected chi connectivity index (χ2v) is 9.52. The van der Waals surface area contributed by atoms with E-state index in [0.29, 0.717) is 30.2 Å². The maximum atomic E-state index is 12.8. The molecule has 0 aliphatic heterocycles. The number of hydrogen-bond acceptors (Lipinski definition) is 7. The Hall–Kier alpha value is -2.98. The highest BCUT2D eigenvalue weighted by atomic mass is 35.5. The van der Waals surface area contributed by atoms with Crippen molar-refractivity contribution < 1.29 is 28.2 Å². The van der Waals surface area contributed by atoms with Crippen molar-refractivity contribution in [1.29, 1.82) is 0 Å². The molecule has 2 aromatic carbocycles. The highest BCUT2D eigenvalue weighted by Crippen LogP contribution is 2.23. The molecular weight excluding hydrogens is 468 g/mol. The number of benzene rings is 2. The van der Waals surface area contributed by atoms with Crippen LogP contribution in [-0.2, 0) is 21.1 Å². The molecule has 3 rings (SSSR count). The molecule has 0 fully saturated rings. The summed E-state index contributed by atoms with van der Waals surface area (Å²) in [5.41, 5.74) is 1.62. The molecule has 0 aliphatic rings. The van der Waals surface area contributed by atoms with Crippen molar-refractivity contribution in [2.45, 2.75) is 22.3 Å². The van der Waals surface area contributed by atoms with E-state index in [1.165, 1.54) is 30.5 Å². The van der Waals surface area contributed by atoms with Crippen molar-refractivity contribution in [3.63, 3.8) is 0 Å². The van der Waals surface area contributed by atoms with Crippen LogP contribution in [0.2, 0.25) is 5.15 Å². The van der Waals surface area contributed by atoms with Crippen molar-refractivity contribution in [3.05, 3.63) is 83.1 Å². The molecule has 1 atom stereocenters. The van der Waals surface area contributed by atoms with Crippen molar-refractivity contribution >= 4 is 27.4 Å². The van der Waals surface area contributed by atoms with Gasteiger partial charge in [-0.1, -0.05) is 29.8 Å². The first-order chi connectivity index (χ1) is 15.8. The fraction of sp³-hybridized carbons (Fsp3) is 0.217. The van der Waals surface area contributed by atoms with Gasteiger partial charge in [0.25, 0.3) is 0 Å². The molecule has 33 heavy (non-hydrogen) atoms. The monoisotopic (exact) mass is 490 g/mol. The Morgan fingerprint density at radius 1 is 1.03 bits per heavy atom. The summed E-state index contributed by atoms with van der Waals surface area (Å²) >= 11 is 5.74. The van der Waals surface area contributed by atoms with Crippen molar-refractivity contribution in [3.8, 4) is 5.75 Å². The average molecular weight is 491 g/mol. The number of aromatic nitrogens is 1. The van der Waals surface area contributed by atoms with Gasteiger partial charge in [0.2, 0.25) is 9.84 Å². The van der Waals surface area contributed by atoms with E-state index in [1.54, 1.807) is 36.4 Å². The van der Waals surface area contributed by atoms with E-state index in [0.717, 1.165) is 5.56 Å². The second-order valence-electron chi connectivity index (χ2n) is 7.19. The van der Waals surface area contributed by atoms with Crippen LogP contribution in [0.4, 0.5) is 0 Å². The van der Waals surface area contributed by atoms with Crippen LogP contribution in [0, 0.1) is 0 Å². The Kier molecular flexibility index (Phi) is 8.40. The molecule has 0 saturated carbocycles. The molecule has 8 nitrogen and oxygen atoms in total. The summed E-state index contributed by atoms with van der Waals surface area (Å²) in [7, 11) is -3.71. The predicted octanol–water partition coefficient (Wildman–Crippen LogP) is 2.90. The van der Waals surface area contributed by atoms with Gasteiger partial charge in [-0.15, -0.1) is 0 Å². The molecule has 1 aromatic heterocycles. The van der Waals surface area contributed by atoms with E-state index in [2.05, 4.69) is 10.3 Å². The third-order valence-electron chi connectivity index (χ3n) is 4.79. The third-order valence-corrected chi connectivity index (χ3v) is 6.80. The summed E-state index contributed by atoms with van der Waals surface area (Å²) in [4.78, 5) is 14.7. The quantitative estimate of drug-likeness (QED) is 0.277. The number of aliphatic carboxylic acids is 1. The summed E-state index contributed by atoms with van der Waals surface area (Å²) in [5.74, 6) is -0.839. The number of halogens is 1. The molecule has 0 bridgehead atoms. The van der Waals surface area contributed by atoms with Crippen LogP contribution in [0.15, 0.2) is 76.7 Å². The molecule has 0 radical (unpaired) electrons. The highest BCUT2D eigenvalue weighted by molar-refractivity contribution is 7.91. The zero-order valence-electron chi connectivity index (χ0n) is 17.5. The van der Waals surface area contributed by atoms with Gasteiger partial charge in [-0.25, -0.2) is 18.2 Å². The molecule has 174 valence electrons. The zero-order chi connectivity index (χ0) is 23.8. The number of pyridine rings is 1. The fourth-order valence-corrected chi connectivity index (χ4v) is 4.38. The van der Waals surface area contributed by atoms with Crippen LogP contribution >= 0.6 is 11.6 Å². The van der Waals surface area contributed by atoms with E-state index in [-0.39, 0.29) is 15.5 Å². The lowest BCUT2D eigenvalue weighted by atomic mass is 10.1. The molecule has 0 amide bonds. The largest absolute Gasteiger partial charge is 0.482 e.